The van der Waals surface area contributed by atoms with E-state index in [0.717, 1.165) is 13.0 Å². The van der Waals surface area contributed by atoms with Gasteiger partial charge in [-0.2, -0.15) is 0 Å². The lowest BCUT2D eigenvalue weighted by molar-refractivity contribution is -0.136. The van der Waals surface area contributed by atoms with E-state index in [9.17, 15) is 4.79 Å². The van der Waals surface area contributed by atoms with Gasteiger partial charge in [0.1, 0.15) is 0 Å². The van der Waals surface area contributed by atoms with E-state index in [4.69, 9.17) is 5.11 Å². The predicted molar refractivity (Wildman–Crippen MR) is 49.6 cm³/mol. The molecule has 4 nitrogen and oxygen atoms in total. The van der Waals surface area contributed by atoms with Gasteiger partial charge in [0.05, 0.1) is 6.42 Å². The van der Waals surface area contributed by atoms with Gasteiger partial charge in [-0.15, -0.1) is 0 Å². The molecule has 1 heterocycles. The van der Waals surface area contributed by atoms with Gasteiger partial charge in [-0.3, -0.25) is 4.79 Å². The Hall–Kier alpha value is -1.29. The lowest BCUT2D eigenvalue weighted by atomic mass is 10.2. The van der Waals surface area contributed by atoms with Crippen LogP contribution in [0.3, 0.4) is 0 Å². The van der Waals surface area contributed by atoms with Crippen molar-refractivity contribution >= 4 is 5.97 Å². The van der Waals surface area contributed by atoms with Gasteiger partial charge in [-0.25, -0.2) is 0 Å². The maximum absolute atomic E-state index is 10.1. The molecule has 0 aliphatic carbocycles. The van der Waals surface area contributed by atoms with E-state index in [1.807, 2.05) is 18.5 Å². The first-order valence-electron chi connectivity index (χ1n) is 4.33. The molecule has 0 aromatic carbocycles. The molecule has 0 amide bonds. The summed E-state index contributed by atoms with van der Waals surface area (Å²) in [5.74, 6) is -0.755. The Balaban J connectivity index is 1.99. The molecule has 1 rings (SSSR count). The molecule has 0 spiro atoms. The smallest absolute Gasteiger partial charge is 0.304 e. The maximum Gasteiger partial charge on any atom is 0.304 e. The van der Waals surface area contributed by atoms with Crippen molar-refractivity contribution in [1.82, 2.24) is 10.3 Å². The van der Waals surface area contributed by atoms with Crippen molar-refractivity contribution in [2.45, 2.75) is 12.8 Å². The third-order valence-electron chi connectivity index (χ3n) is 1.77. The van der Waals surface area contributed by atoms with Gasteiger partial charge in [0.15, 0.2) is 0 Å². The number of hydrogen-bond acceptors (Lipinski definition) is 2. The van der Waals surface area contributed by atoms with Crippen molar-refractivity contribution < 1.29 is 9.90 Å². The minimum absolute atomic E-state index is 0.188. The van der Waals surface area contributed by atoms with Crippen LogP contribution < -0.4 is 5.32 Å². The molecule has 0 unspecified atom stereocenters. The summed E-state index contributed by atoms with van der Waals surface area (Å²) < 4.78 is 0. The summed E-state index contributed by atoms with van der Waals surface area (Å²) in [6.45, 7) is 1.37. The Labute approximate surface area is 77.0 Å². The number of rotatable bonds is 6. The first kappa shape index (κ1) is 9.80. The molecular formula is C9H14N2O2. The van der Waals surface area contributed by atoms with Gasteiger partial charge in [0.25, 0.3) is 0 Å². The number of hydrogen-bond donors (Lipinski definition) is 3. The fraction of sp³-hybridized carbons (Fsp3) is 0.444. The SMILES string of the molecule is O=C(O)CCNCCc1cc[nH]c1. The number of H-pyrrole nitrogens is 1. The molecule has 0 saturated heterocycles. The normalized spacial score (nSPS) is 10.2. The van der Waals surface area contributed by atoms with Crippen molar-refractivity contribution in [2.75, 3.05) is 13.1 Å². The monoisotopic (exact) mass is 182 g/mol. The highest BCUT2D eigenvalue weighted by atomic mass is 16.4. The lowest BCUT2D eigenvalue weighted by Crippen LogP contribution is -2.20. The molecule has 0 aliphatic rings. The maximum atomic E-state index is 10.1. The van der Waals surface area contributed by atoms with Crippen LogP contribution in [0, 0.1) is 0 Å². The largest absolute Gasteiger partial charge is 0.481 e. The second-order valence-corrected chi connectivity index (χ2v) is 2.86. The van der Waals surface area contributed by atoms with E-state index in [1.54, 1.807) is 0 Å². The summed E-state index contributed by atoms with van der Waals surface area (Å²) >= 11 is 0. The molecule has 4 heteroatoms. The summed E-state index contributed by atoms with van der Waals surface area (Å²) in [6.07, 6.45) is 4.95. The number of aromatic amines is 1. The molecule has 3 N–H and O–H groups in total. The van der Waals surface area contributed by atoms with Crippen molar-refractivity contribution in [3.8, 4) is 0 Å². The van der Waals surface area contributed by atoms with Crippen LogP contribution >= 0.6 is 0 Å². The first-order chi connectivity index (χ1) is 6.29. The number of carbonyl (C=O) groups is 1. The van der Waals surface area contributed by atoms with Crippen LogP contribution in [0.4, 0.5) is 0 Å². The highest BCUT2D eigenvalue weighted by Crippen LogP contribution is 1.95. The average molecular weight is 182 g/mol. The van der Waals surface area contributed by atoms with E-state index in [0.29, 0.717) is 6.54 Å². The Morgan fingerprint density at radius 2 is 2.38 bits per heavy atom. The van der Waals surface area contributed by atoms with E-state index in [2.05, 4.69) is 10.3 Å². The van der Waals surface area contributed by atoms with Gasteiger partial charge in [0.2, 0.25) is 0 Å². The Kier molecular flexibility index (Phi) is 4.05. The zero-order valence-corrected chi connectivity index (χ0v) is 7.42. The Morgan fingerprint density at radius 3 is 3.00 bits per heavy atom. The highest BCUT2D eigenvalue weighted by molar-refractivity contribution is 5.66. The predicted octanol–water partition coefficient (Wildman–Crippen LogP) is 0.621. The zero-order chi connectivity index (χ0) is 9.52. The molecular weight excluding hydrogens is 168 g/mol. The van der Waals surface area contributed by atoms with Gasteiger partial charge in [0, 0.05) is 18.9 Å². The lowest BCUT2D eigenvalue weighted by Gasteiger charge is -2.00. The van der Waals surface area contributed by atoms with Crippen LogP contribution in [-0.4, -0.2) is 29.1 Å². The van der Waals surface area contributed by atoms with E-state index >= 15 is 0 Å². The molecule has 0 atom stereocenters. The average Bonchev–Trinajstić information content (AvgIpc) is 2.55. The van der Waals surface area contributed by atoms with Crippen LogP contribution in [0.25, 0.3) is 0 Å². The van der Waals surface area contributed by atoms with Crippen LogP contribution in [0.15, 0.2) is 18.5 Å². The van der Waals surface area contributed by atoms with Crippen LogP contribution in [0.5, 0.6) is 0 Å². The van der Waals surface area contributed by atoms with Gasteiger partial charge >= 0.3 is 5.97 Å². The summed E-state index contributed by atoms with van der Waals surface area (Å²) in [4.78, 5) is 13.1. The van der Waals surface area contributed by atoms with Crippen LogP contribution in [-0.2, 0) is 11.2 Å². The fourth-order valence-corrected chi connectivity index (χ4v) is 1.07. The summed E-state index contributed by atoms with van der Waals surface area (Å²) in [7, 11) is 0. The van der Waals surface area contributed by atoms with Crippen LogP contribution in [0.2, 0.25) is 0 Å². The van der Waals surface area contributed by atoms with Crippen molar-refractivity contribution in [3.05, 3.63) is 24.0 Å². The summed E-state index contributed by atoms with van der Waals surface area (Å²) in [5.41, 5.74) is 1.24. The van der Waals surface area contributed by atoms with E-state index < -0.39 is 5.97 Å². The van der Waals surface area contributed by atoms with Crippen molar-refractivity contribution in [1.29, 1.82) is 0 Å². The molecule has 0 bridgehead atoms. The molecule has 1 aromatic heterocycles. The third-order valence-corrected chi connectivity index (χ3v) is 1.77. The Morgan fingerprint density at radius 1 is 1.54 bits per heavy atom. The van der Waals surface area contributed by atoms with E-state index in [1.165, 1.54) is 5.56 Å². The second-order valence-electron chi connectivity index (χ2n) is 2.86. The molecule has 72 valence electrons. The van der Waals surface area contributed by atoms with Crippen molar-refractivity contribution in [3.63, 3.8) is 0 Å². The molecule has 13 heavy (non-hydrogen) atoms. The molecule has 0 aliphatic heterocycles. The summed E-state index contributed by atoms with van der Waals surface area (Å²) in [6, 6.07) is 2.01. The zero-order valence-electron chi connectivity index (χ0n) is 7.42. The molecule has 0 saturated carbocycles. The van der Waals surface area contributed by atoms with Crippen LogP contribution in [0.1, 0.15) is 12.0 Å². The second kappa shape index (κ2) is 5.37. The fourth-order valence-electron chi connectivity index (χ4n) is 1.07. The van der Waals surface area contributed by atoms with E-state index in [-0.39, 0.29) is 6.42 Å². The quantitative estimate of drug-likeness (QED) is 0.565. The topological polar surface area (TPSA) is 65.1 Å². The minimum atomic E-state index is -0.755. The molecule has 0 fully saturated rings. The summed E-state index contributed by atoms with van der Waals surface area (Å²) in [5, 5.41) is 11.4. The standard InChI is InChI=1S/C9H14N2O2/c12-9(13)3-6-10-4-1-8-2-5-11-7-8/h2,5,7,10-11H,1,3-4,6H2,(H,12,13). The van der Waals surface area contributed by atoms with Gasteiger partial charge in [-0.1, -0.05) is 0 Å². The number of aliphatic carboxylic acids is 1. The number of aromatic nitrogens is 1. The third kappa shape index (κ3) is 4.32. The number of nitrogens with one attached hydrogen (secondary N) is 2. The van der Waals surface area contributed by atoms with Gasteiger partial charge in [-0.05, 0) is 24.6 Å². The number of carboxylic acids is 1. The molecule has 0 radical (unpaired) electrons. The molecule has 1 aromatic rings. The van der Waals surface area contributed by atoms with Crippen molar-refractivity contribution in [2.24, 2.45) is 0 Å². The van der Waals surface area contributed by atoms with Gasteiger partial charge < -0.3 is 15.4 Å². The highest BCUT2D eigenvalue weighted by Gasteiger charge is 1.95. The first-order valence-corrected chi connectivity index (χ1v) is 4.33. The number of carboxylic acid groups (broad SMARTS) is 1. The minimum Gasteiger partial charge on any atom is -0.481 e. The Bertz CT molecular complexity index is 244.